The van der Waals surface area contributed by atoms with Crippen LogP contribution in [0.5, 0.6) is 0 Å². The molecule has 0 saturated carbocycles. The SMILES string of the molecule is Cc1ccc2c(c1)c1c(n2CCc2ccc(C)nc2)CN(C)C(C)C1. The molecule has 1 aromatic carbocycles. The van der Waals surface area contributed by atoms with Gasteiger partial charge in [0.25, 0.3) is 0 Å². The topological polar surface area (TPSA) is 21.1 Å². The molecule has 1 aliphatic heterocycles. The molecule has 3 heteroatoms. The van der Waals surface area contributed by atoms with Gasteiger partial charge in [0.2, 0.25) is 0 Å². The molecule has 0 N–H and O–H groups in total. The van der Waals surface area contributed by atoms with Gasteiger partial charge in [0, 0.05) is 47.6 Å². The van der Waals surface area contributed by atoms with Gasteiger partial charge in [0.1, 0.15) is 0 Å². The minimum atomic E-state index is 0.605. The summed E-state index contributed by atoms with van der Waals surface area (Å²) in [6, 6.07) is 11.8. The largest absolute Gasteiger partial charge is 0.343 e. The normalized spacial score (nSPS) is 17.8. The predicted molar refractivity (Wildman–Crippen MR) is 104 cm³/mol. The van der Waals surface area contributed by atoms with E-state index in [0.717, 1.165) is 31.6 Å². The quantitative estimate of drug-likeness (QED) is 0.713. The summed E-state index contributed by atoms with van der Waals surface area (Å²) in [6.07, 6.45) is 4.19. The molecular formula is C22H27N3. The average Bonchev–Trinajstić information content (AvgIpc) is 2.87. The second-order valence-electron chi connectivity index (χ2n) is 7.62. The summed E-state index contributed by atoms with van der Waals surface area (Å²) in [5, 5.41) is 1.46. The fraction of sp³-hybridized carbons (Fsp3) is 0.409. The van der Waals surface area contributed by atoms with Gasteiger partial charge in [0.15, 0.2) is 0 Å². The maximum Gasteiger partial charge on any atom is 0.0486 e. The van der Waals surface area contributed by atoms with Crippen molar-refractivity contribution in [3.8, 4) is 0 Å². The fourth-order valence-corrected chi connectivity index (χ4v) is 3.99. The van der Waals surface area contributed by atoms with Gasteiger partial charge in [-0.2, -0.15) is 0 Å². The van der Waals surface area contributed by atoms with Crippen LogP contribution in [0.25, 0.3) is 10.9 Å². The Morgan fingerprint density at radius 1 is 1.16 bits per heavy atom. The first-order valence-corrected chi connectivity index (χ1v) is 9.25. The molecule has 1 atom stereocenters. The molecule has 1 aliphatic rings. The van der Waals surface area contributed by atoms with Gasteiger partial charge < -0.3 is 4.57 Å². The number of fused-ring (bicyclic) bond motifs is 3. The monoisotopic (exact) mass is 333 g/mol. The van der Waals surface area contributed by atoms with Crippen LogP contribution >= 0.6 is 0 Å². The van der Waals surface area contributed by atoms with Crippen molar-refractivity contribution in [1.29, 1.82) is 0 Å². The summed E-state index contributed by atoms with van der Waals surface area (Å²) in [5.41, 5.74) is 8.19. The summed E-state index contributed by atoms with van der Waals surface area (Å²) in [4.78, 5) is 6.92. The standard InChI is InChI=1S/C22H27N3/c1-15-5-8-21-19(11-15)20-12-17(3)24(4)14-22(20)25(21)10-9-18-7-6-16(2)23-13-18/h5-8,11,13,17H,9-10,12,14H2,1-4H3. The minimum Gasteiger partial charge on any atom is -0.343 e. The highest BCUT2D eigenvalue weighted by molar-refractivity contribution is 5.86. The Morgan fingerprint density at radius 3 is 2.76 bits per heavy atom. The Bertz CT molecular complexity index is 905. The molecule has 2 aromatic heterocycles. The molecule has 0 spiro atoms. The number of hydrogen-bond acceptors (Lipinski definition) is 2. The van der Waals surface area contributed by atoms with E-state index in [1.807, 2.05) is 13.1 Å². The molecule has 0 saturated heterocycles. The Balaban J connectivity index is 1.74. The summed E-state index contributed by atoms with van der Waals surface area (Å²) < 4.78 is 2.55. The number of likely N-dealkylation sites (N-methyl/N-ethyl adjacent to an activating group) is 1. The maximum absolute atomic E-state index is 4.44. The summed E-state index contributed by atoms with van der Waals surface area (Å²) in [5.74, 6) is 0. The van der Waals surface area contributed by atoms with Crippen LogP contribution in [0.2, 0.25) is 0 Å². The first-order valence-electron chi connectivity index (χ1n) is 9.25. The first-order chi connectivity index (χ1) is 12.0. The van der Waals surface area contributed by atoms with E-state index in [1.165, 1.54) is 27.7 Å². The number of benzene rings is 1. The van der Waals surface area contributed by atoms with Crippen LogP contribution in [0.1, 0.15) is 35.0 Å². The van der Waals surface area contributed by atoms with E-state index < -0.39 is 0 Å². The highest BCUT2D eigenvalue weighted by atomic mass is 15.2. The predicted octanol–water partition coefficient (Wildman–Crippen LogP) is 4.27. The molecule has 0 bridgehead atoms. The van der Waals surface area contributed by atoms with E-state index in [2.05, 4.69) is 65.7 Å². The van der Waals surface area contributed by atoms with Crippen LogP contribution in [0.3, 0.4) is 0 Å². The summed E-state index contributed by atoms with van der Waals surface area (Å²) in [7, 11) is 2.24. The lowest BCUT2D eigenvalue weighted by Gasteiger charge is -2.31. The lowest BCUT2D eigenvalue weighted by molar-refractivity contribution is 0.225. The van der Waals surface area contributed by atoms with E-state index in [0.29, 0.717) is 6.04 Å². The summed E-state index contributed by atoms with van der Waals surface area (Å²) in [6.45, 7) is 8.62. The van der Waals surface area contributed by atoms with Gasteiger partial charge in [-0.05, 0) is 70.0 Å². The fourth-order valence-electron chi connectivity index (χ4n) is 3.99. The highest BCUT2D eigenvalue weighted by Crippen LogP contribution is 2.33. The van der Waals surface area contributed by atoms with Crippen molar-refractivity contribution >= 4 is 10.9 Å². The molecule has 3 aromatic rings. The number of pyridine rings is 1. The number of aryl methyl sites for hydroxylation is 4. The smallest absolute Gasteiger partial charge is 0.0486 e. The first kappa shape index (κ1) is 16.3. The zero-order valence-corrected chi connectivity index (χ0v) is 15.7. The third-order valence-electron chi connectivity index (χ3n) is 5.69. The van der Waals surface area contributed by atoms with Crippen LogP contribution in [0.4, 0.5) is 0 Å². The minimum absolute atomic E-state index is 0.605. The highest BCUT2D eigenvalue weighted by Gasteiger charge is 2.26. The van der Waals surface area contributed by atoms with E-state index in [-0.39, 0.29) is 0 Å². The van der Waals surface area contributed by atoms with Gasteiger partial charge in [-0.15, -0.1) is 0 Å². The van der Waals surface area contributed by atoms with E-state index in [1.54, 1.807) is 5.56 Å². The van der Waals surface area contributed by atoms with Gasteiger partial charge in [0.05, 0.1) is 0 Å². The number of nitrogens with zero attached hydrogens (tertiary/aromatic N) is 3. The van der Waals surface area contributed by atoms with Gasteiger partial charge in [-0.3, -0.25) is 9.88 Å². The molecule has 0 aliphatic carbocycles. The third-order valence-corrected chi connectivity index (χ3v) is 5.69. The number of hydrogen-bond donors (Lipinski definition) is 0. The second-order valence-corrected chi connectivity index (χ2v) is 7.62. The zero-order chi connectivity index (χ0) is 17.6. The molecule has 3 heterocycles. The third kappa shape index (κ3) is 2.98. The molecule has 25 heavy (non-hydrogen) atoms. The van der Waals surface area contributed by atoms with Crippen molar-refractivity contribution in [3.63, 3.8) is 0 Å². The van der Waals surface area contributed by atoms with E-state index >= 15 is 0 Å². The van der Waals surface area contributed by atoms with Crippen molar-refractivity contribution < 1.29 is 0 Å². The Hall–Kier alpha value is -2.13. The van der Waals surface area contributed by atoms with Crippen molar-refractivity contribution in [2.75, 3.05) is 7.05 Å². The molecular weight excluding hydrogens is 306 g/mol. The van der Waals surface area contributed by atoms with Crippen molar-refractivity contribution in [2.45, 2.75) is 52.7 Å². The Kier molecular flexibility index (Phi) is 4.12. The maximum atomic E-state index is 4.44. The van der Waals surface area contributed by atoms with Crippen LogP contribution in [0.15, 0.2) is 36.5 Å². The Labute approximate surface area is 150 Å². The van der Waals surface area contributed by atoms with Crippen LogP contribution in [0, 0.1) is 13.8 Å². The molecule has 4 rings (SSSR count). The lowest BCUT2D eigenvalue weighted by atomic mass is 9.97. The zero-order valence-electron chi connectivity index (χ0n) is 15.7. The molecule has 0 fully saturated rings. The van der Waals surface area contributed by atoms with Crippen molar-refractivity contribution in [2.24, 2.45) is 0 Å². The molecule has 3 nitrogen and oxygen atoms in total. The molecule has 130 valence electrons. The molecule has 0 radical (unpaired) electrons. The van der Waals surface area contributed by atoms with E-state index in [4.69, 9.17) is 0 Å². The summed E-state index contributed by atoms with van der Waals surface area (Å²) >= 11 is 0. The lowest BCUT2D eigenvalue weighted by Crippen LogP contribution is -2.35. The Morgan fingerprint density at radius 2 is 2.00 bits per heavy atom. The van der Waals surface area contributed by atoms with Crippen LogP contribution in [-0.4, -0.2) is 27.5 Å². The van der Waals surface area contributed by atoms with E-state index in [9.17, 15) is 0 Å². The van der Waals surface area contributed by atoms with Crippen molar-refractivity contribution in [1.82, 2.24) is 14.5 Å². The number of aromatic nitrogens is 2. The van der Waals surface area contributed by atoms with Gasteiger partial charge in [-0.1, -0.05) is 17.7 Å². The van der Waals surface area contributed by atoms with Gasteiger partial charge >= 0.3 is 0 Å². The number of rotatable bonds is 3. The van der Waals surface area contributed by atoms with Crippen LogP contribution < -0.4 is 0 Å². The van der Waals surface area contributed by atoms with Crippen molar-refractivity contribution in [3.05, 3.63) is 64.6 Å². The average molecular weight is 333 g/mol. The molecule has 0 amide bonds. The van der Waals surface area contributed by atoms with Gasteiger partial charge in [-0.25, -0.2) is 0 Å². The second kappa shape index (κ2) is 6.30. The molecule has 1 unspecified atom stereocenters. The van der Waals surface area contributed by atoms with Crippen LogP contribution in [-0.2, 0) is 25.9 Å².